The van der Waals surface area contributed by atoms with Gasteiger partial charge >= 0.3 is 0 Å². The molecule has 0 aliphatic carbocycles. The highest BCUT2D eigenvalue weighted by atomic mass is 16.5. The van der Waals surface area contributed by atoms with Gasteiger partial charge in [-0.2, -0.15) is 0 Å². The number of pyridine rings is 1. The van der Waals surface area contributed by atoms with Gasteiger partial charge in [0.25, 0.3) is 11.7 Å². The van der Waals surface area contributed by atoms with Gasteiger partial charge in [0.05, 0.1) is 25.8 Å². The van der Waals surface area contributed by atoms with Crippen LogP contribution in [0.4, 0.5) is 0 Å². The molecule has 1 aromatic carbocycles. The van der Waals surface area contributed by atoms with Gasteiger partial charge in [-0.1, -0.05) is 12.1 Å². The fraction of sp³-hybridized carbons (Fsp3) is 0.318. The number of methoxy groups -OCH3 is 3. The van der Waals surface area contributed by atoms with Crippen LogP contribution in [0.3, 0.4) is 0 Å². The molecule has 1 atom stereocenters. The molecule has 3 rings (SSSR count). The maximum Gasteiger partial charge on any atom is 0.295 e. The van der Waals surface area contributed by atoms with Gasteiger partial charge in [-0.15, -0.1) is 0 Å². The lowest BCUT2D eigenvalue weighted by molar-refractivity contribution is -0.140. The first kappa shape index (κ1) is 21.3. The van der Waals surface area contributed by atoms with E-state index in [0.29, 0.717) is 35.7 Å². The molecule has 0 radical (unpaired) electrons. The number of hydrogen-bond donors (Lipinski definition) is 1. The zero-order chi connectivity index (χ0) is 21.7. The number of Topliss-reactive ketones (excluding diaryl/α,β-unsaturated/α-hetero) is 1. The van der Waals surface area contributed by atoms with Gasteiger partial charge in [-0.05, 0) is 24.6 Å². The van der Waals surface area contributed by atoms with Crippen molar-refractivity contribution in [1.82, 2.24) is 9.88 Å². The summed E-state index contributed by atoms with van der Waals surface area (Å²) in [6, 6.07) is 7.54. The quantitative estimate of drug-likeness (QED) is 0.308. The lowest BCUT2D eigenvalue weighted by Gasteiger charge is -2.27. The molecule has 1 fully saturated rings. The Morgan fingerprint density at radius 3 is 2.47 bits per heavy atom. The van der Waals surface area contributed by atoms with Crippen molar-refractivity contribution < 1.29 is 28.9 Å². The van der Waals surface area contributed by atoms with Crippen molar-refractivity contribution in [1.29, 1.82) is 0 Å². The van der Waals surface area contributed by atoms with Crippen LogP contribution in [0.1, 0.15) is 23.6 Å². The Balaban J connectivity index is 2.21. The third kappa shape index (κ3) is 3.86. The molecule has 1 aromatic heterocycles. The summed E-state index contributed by atoms with van der Waals surface area (Å²) in [6.45, 7) is 0.700. The summed E-state index contributed by atoms with van der Waals surface area (Å²) in [5.74, 6) is -0.848. The van der Waals surface area contributed by atoms with Crippen molar-refractivity contribution in [2.24, 2.45) is 0 Å². The molecule has 2 heterocycles. The first-order valence-corrected chi connectivity index (χ1v) is 9.43. The lowest BCUT2D eigenvalue weighted by atomic mass is 9.94. The topological polar surface area (TPSA) is 98.2 Å². The maximum atomic E-state index is 13.0. The first-order valence-electron chi connectivity index (χ1n) is 9.43. The second-order valence-electron chi connectivity index (χ2n) is 6.66. The number of likely N-dealkylation sites (tertiary alicyclic amines) is 1. The summed E-state index contributed by atoms with van der Waals surface area (Å²) in [7, 11) is 4.57. The summed E-state index contributed by atoms with van der Waals surface area (Å²) in [5.41, 5.74) is 0.936. The van der Waals surface area contributed by atoms with E-state index in [4.69, 9.17) is 14.2 Å². The highest BCUT2D eigenvalue weighted by Crippen LogP contribution is 2.45. The molecule has 1 saturated heterocycles. The Kier molecular flexibility index (Phi) is 6.68. The van der Waals surface area contributed by atoms with Crippen molar-refractivity contribution in [3.05, 3.63) is 59.4 Å². The summed E-state index contributed by atoms with van der Waals surface area (Å²) in [6.07, 6.45) is 3.54. The predicted molar refractivity (Wildman–Crippen MR) is 109 cm³/mol. The number of ether oxygens (including phenoxy) is 3. The molecule has 1 amide bonds. The SMILES string of the molecule is COCCCN1C(=O)C(=O)/C(=C(/O)c2ccncc2)C1c1cccc(OC)c1OC. The maximum absolute atomic E-state index is 13.0. The zero-order valence-electron chi connectivity index (χ0n) is 17.1. The van der Waals surface area contributed by atoms with Crippen LogP contribution in [0.2, 0.25) is 0 Å². The Morgan fingerprint density at radius 1 is 1.10 bits per heavy atom. The fourth-order valence-corrected chi connectivity index (χ4v) is 3.61. The average Bonchev–Trinajstić information content (AvgIpc) is 3.03. The van der Waals surface area contributed by atoms with Crippen LogP contribution in [-0.2, 0) is 14.3 Å². The van der Waals surface area contributed by atoms with Crippen LogP contribution in [0, 0.1) is 0 Å². The third-order valence-electron chi connectivity index (χ3n) is 4.97. The summed E-state index contributed by atoms with van der Waals surface area (Å²) < 4.78 is 16.0. The predicted octanol–water partition coefficient (Wildman–Crippen LogP) is 2.56. The Labute approximate surface area is 174 Å². The smallest absolute Gasteiger partial charge is 0.295 e. The van der Waals surface area contributed by atoms with Gasteiger partial charge in [-0.25, -0.2) is 0 Å². The minimum absolute atomic E-state index is 0.00447. The second-order valence-corrected chi connectivity index (χ2v) is 6.66. The van der Waals surface area contributed by atoms with Crippen LogP contribution in [0.15, 0.2) is 48.3 Å². The molecule has 1 unspecified atom stereocenters. The van der Waals surface area contributed by atoms with Crippen LogP contribution >= 0.6 is 0 Å². The van der Waals surface area contributed by atoms with E-state index in [1.54, 1.807) is 37.4 Å². The molecule has 1 aliphatic rings. The molecule has 8 heteroatoms. The average molecular weight is 412 g/mol. The van der Waals surface area contributed by atoms with E-state index in [0.717, 1.165) is 0 Å². The number of amides is 1. The highest BCUT2D eigenvalue weighted by Gasteiger charge is 2.47. The molecule has 1 N–H and O–H groups in total. The Hall–Kier alpha value is -3.39. The summed E-state index contributed by atoms with van der Waals surface area (Å²) >= 11 is 0. The van der Waals surface area contributed by atoms with Crippen LogP contribution in [0.25, 0.3) is 5.76 Å². The number of aliphatic hydroxyl groups is 1. The van der Waals surface area contributed by atoms with E-state index in [1.807, 2.05) is 0 Å². The fourth-order valence-electron chi connectivity index (χ4n) is 3.61. The Morgan fingerprint density at radius 2 is 1.83 bits per heavy atom. The van der Waals surface area contributed by atoms with Gasteiger partial charge in [0.2, 0.25) is 0 Å². The minimum atomic E-state index is -0.833. The van der Waals surface area contributed by atoms with Crippen molar-refractivity contribution in [3.8, 4) is 11.5 Å². The molecule has 0 saturated carbocycles. The third-order valence-corrected chi connectivity index (χ3v) is 4.97. The molecule has 30 heavy (non-hydrogen) atoms. The molecule has 2 aromatic rings. The van der Waals surface area contributed by atoms with Gasteiger partial charge in [0.1, 0.15) is 5.76 Å². The molecule has 0 bridgehead atoms. The van der Waals surface area contributed by atoms with Crippen molar-refractivity contribution >= 4 is 17.4 Å². The van der Waals surface area contributed by atoms with Crippen molar-refractivity contribution in [2.75, 3.05) is 34.5 Å². The molecule has 158 valence electrons. The summed E-state index contributed by atoms with van der Waals surface area (Å²) in [4.78, 5) is 31.2. The first-order chi connectivity index (χ1) is 14.5. The van der Waals surface area contributed by atoms with E-state index < -0.39 is 17.7 Å². The minimum Gasteiger partial charge on any atom is -0.507 e. The molecule has 1 aliphatic heterocycles. The van der Waals surface area contributed by atoms with E-state index in [2.05, 4.69) is 4.98 Å². The van der Waals surface area contributed by atoms with Gasteiger partial charge in [0.15, 0.2) is 11.5 Å². The van der Waals surface area contributed by atoms with Crippen molar-refractivity contribution in [2.45, 2.75) is 12.5 Å². The Bertz CT molecular complexity index is 957. The summed E-state index contributed by atoms with van der Waals surface area (Å²) in [5, 5.41) is 11.0. The number of benzene rings is 1. The number of aliphatic hydroxyl groups excluding tert-OH is 1. The number of hydrogen-bond acceptors (Lipinski definition) is 7. The zero-order valence-corrected chi connectivity index (χ0v) is 17.1. The number of aromatic nitrogens is 1. The lowest BCUT2D eigenvalue weighted by Crippen LogP contribution is -2.31. The normalized spacial score (nSPS) is 18.0. The number of carbonyl (C=O) groups is 2. The van der Waals surface area contributed by atoms with E-state index >= 15 is 0 Å². The number of carbonyl (C=O) groups excluding carboxylic acids is 2. The van der Waals surface area contributed by atoms with Gasteiger partial charge < -0.3 is 24.2 Å². The van der Waals surface area contributed by atoms with E-state index in [9.17, 15) is 14.7 Å². The number of rotatable bonds is 8. The van der Waals surface area contributed by atoms with Gasteiger partial charge in [0, 0.05) is 43.8 Å². The van der Waals surface area contributed by atoms with E-state index in [1.165, 1.54) is 31.5 Å². The van der Waals surface area contributed by atoms with Gasteiger partial charge in [-0.3, -0.25) is 14.6 Å². The largest absolute Gasteiger partial charge is 0.507 e. The van der Waals surface area contributed by atoms with Crippen molar-refractivity contribution in [3.63, 3.8) is 0 Å². The van der Waals surface area contributed by atoms with Crippen LogP contribution < -0.4 is 9.47 Å². The monoisotopic (exact) mass is 412 g/mol. The number of ketones is 1. The number of nitrogens with zero attached hydrogens (tertiary/aromatic N) is 2. The molecule has 8 nitrogen and oxygen atoms in total. The standard InChI is InChI=1S/C22H24N2O6/c1-28-13-5-12-24-18(15-6-4-7-16(29-2)21(15)30-3)17(20(26)22(24)27)19(25)14-8-10-23-11-9-14/h4,6-11,18,25H,5,12-13H2,1-3H3/b19-17+. The second kappa shape index (κ2) is 9.41. The molecular formula is C22H24N2O6. The molecular weight excluding hydrogens is 388 g/mol. The highest BCUT2D eigenvalue weighted by molar-refractivity contribution is 6.46. The van der Waals surface area contributed by atoms with Crippen LogP contribution in [0.5, 0.6) is 11.5 Å². The van der Waals surface area contributed by atoms with E-state index in [-0.39, 0.29) is 17.9 Å². The number of para-hydroxylation sites is 1. The van der Waals surface area contributed by atoms with Crippen LogP contribution in [-0.4, -0.2) is 61.2 Å². The molecule has 0 spiro atoms.